The molecule has 0 radical (unpaired) electrons. The molecule has 0 aliphatic carbocycles. The van der Waals surface area contributed by atoms with Gasteiger partial charge in [-0.3, -0.25) is 14.5 Å². The number of ether oxygens (including phenoxy) is 1. The van der Waals surface area contributed by atoms with E-state index in [9.17, 15) is 4.79 Å². The molecule has 8 nitrogen and oxygen atoms in total. The second-order valence-corrected chi connectivity index (χ2v) is 6.38. The maximum Gasteiger partial charge on any atom is 0.247 e. The van der Waals surface area contributed by atoms with Gasteiger partial charge in [0.15, 0.2) is 0 Å². The van der Waals surface area contributed by atoms with Crippen LogP contribution >= 0.6 is 0 Å². The lowest BCUT2D eigenvalue weighted by Crippen LogP contribution is -2.21. The van der Waals surface area contributed by atoms with Crippen LogP contribution in [0.15, 0.2) is 73.3 Å². The minimum absolute atomic E-state index is 0.0900. The Hall–Kier alpha value is -3.94. The van der Waals surface area contributed by atoms with Crippen molar-refractivity contribution in [1.29, 1.82) is 0 Å². The number of nitrogens with one attached hydrogen (secondary N) is 1. The van der Waals surface area contributed by atoms with E-state index < -0.39 is 0 Å². The van der Waals surface area contributed by atoms with Crippen LogP contribution in [0.5, 0.6) is 5.75 Å². The van der Waals surface area contributed by atoms with Gasteiger partial charge < -0.3 is 10.1 Å². The Bertz CT molecular complexity index is 1100. The lowest BCUT2D eigenvalue weighted by molar-refractivity contribution is -0.116. The number of para-hydroxylation sites is 1. The fourth-order valence-electron chi connectivity index (χ4n) is 3.01. The number of amides is 1. The van der Waals surface area contributed by atoms with Gasteiger partial charge in [0.1, 0.15) is 18.1 Å². The molecule has 4 aromatic rings. The molecule has 3 aromatic heterocycles. The summed E-state index contributed by atoms with van der Waals surface area (Å²) in [7, 11) is 1.63. The number of aromatic nitrogens is 5. The van der Waals surface area contributed by atoms with E-state index in [2.05, 4.69) is 20.5 Å². The summed E-state index contributed by atoms with van der Waals surface area (Å²) in [6.07, 6.45) is 6.87. The van der Waals surface area contributed by atoms with Crippen molar-refractivity contribution in [3.8, 4) is 17.0 Å². The lowest BCUT2D eigenvalue weighted by Gasteiger charge is -2.11. The van der Waals surface area contributed by atoms with Crippen LogP contribution in [0.4, 0.5) is 5.82 Å². The van der Waals surface area contributed by atoms with Crippen molar-refractivity contribution in [2.45, 2.75) is 13.1 Å². The maximum absolute atomic E-state index is 12.5. The SMILES string of the molecule is COc1ccccc1Cn1nccc1NC(=O)Cn1cc(-c2ccccn2)cn1. The number of hydrogen-bond donors (Lipinski definition) is 1. The summed E-state index contributed by atoms with van der Waals surface area (Å²) in [6, 6.07) is 15.1. The summed E-state index contributed by atoms with van der Waals surface area (Å²) in [5, 5.41) is 11.4. The van der Waals surface area contributed by atoms with Crippen molar-refractivity contribution in [1.82, 2.24) is 24.5 Å². The molecule has 1 N–H and O–H groups in total. The monoisotopic (exact) mass is 388 g/mol. The normalized spacial score (nSPS) is 10.7. The molecule has 29 heavy (non-hydrogen) atoms. The van der Waals surface area contributed by atoms with Crippen LogP contribution in [0.1, 0.15) is 5.56 Å². The van der Waals surface area contributed by atoms with Crippen molar-refractivity contribution in [2.75, 3.05) is 12.4 Å². The second kappa shape index (κ2) is 8.39. The van der Waals surface area contributed by atoms with E-state index in [0.717, 1.165) is 22.6 Å². The Balaban J connectivity index is 1.42. The van der Waals surface area contributed by atoms with Gasteiger partial charge in [-0.05, 0) is 18.2 Å². The first kappa shape index (κ1) is 18.4. The zero-order valence-corrected chi connectivity index (χ0v) is 15.9. The van der Waals surface area contributed by atoms with Crippen LogP contribution in [-0.2, 0) is 17.9 Å². The first-order valence-electron chi connectivity index (χ1n) is 9.10. The summed E-state index contributed by atoms with van der Waals surface area (Å²) in [4.78, 5) is 16.8. The van der Waals surface area contributed by atoms with Crippen LogP contribution in [0.25, 0.3) is 11.3 Å². The molecule has 0 saturated heterocycles. The predicted molar refractivity (Wildman–Crippen MR) is 108 cm³/mol. The molecular formula is C21H20N6O2. The second-order valence-electron chi connectivity index (χ2n) is 6.38. The van der Waals surface area contributed by atoms with Gasteiger partial charge >= 0.3 is 0 Å². The topological polar surface area (TPSA) is 86.9 Å². The number of nitrogens with zero attached hydrogens (tertiary/aromatic N) is 5. The number of pyridine rings is 1. The third-order valence-corrected chi connectivity index (χ3v) is 4.40. The fraction of sp³-hybridized carbons (Fsp3) is 0.143. The molecule has 146 valence electrons. The summed E-state index contributed by atoms with van der Waals surface area (Å²) in [5.74, 6) is 1.19. The fourth-order valence-corrected chi connectivity index (χ4v) is 3.01. The van der Waals surface area contributed by atoms with Crippen molar-refractivity contribution in [3.05, 3.63) is 78.9 Å². The van der Waals surface area contributed by atoms with Gasteiger partial charge in [-0.2, -0.15) is 10.2 Å². The molecule has 1 aromatic carbocycles. The van der Waals surface area contributed by atoms with Crippen molar-refractivity contribution >= 4 is 11.7 Å². The molecule has 3 heterocycles. The van der Waals surface area contributed by atoms with Gasteiger partial charge in [-0.15, -0.1) is 0 Å². The molecule has 0 fully saturated rings. The van der Waals surface area contributed by atoms with Crippen molar-refractivity contribution < 1.29 is 9.53 Å². The first-order chi connectivity index (χ1) is 14.2. The zero-order chi connectivity index (χ0) is 20.1. The van der Waals surface area contributed by atoms with E-state index in [1.54, 1.807) is 47.3 Å². The molecule has 0 bridgehead atoms. The highest BCUT2D eigenvalue weighted by molar-refractivity contribution is 5.89. The van der Waals surface area contributed by atoms with Crippen molar-refractivity contribution in [2.24, 2.45) is 0 Å². The van der Waals surface area contributed by atoms with Gasteiger partial charge in [-0.1, -0.05) is 24.3 Å². The molecule has 0 spiro atoms. The highest BCUT2D eigenvalue weighted by Gasteiger charge is 2.11. The highest BCUT2D eigenvalue weighted by atomic mass is 16.5. The van der Waals surface area contributed by atoms with E-state index >= 15 is 0 Å². The van der Waals surface area contributed by atoms with Crippen LogP contribution < -0.4 is 10.1 Å². The smallest absolute Gasteiger partial charge is 0.247 e. The molecule has 0 aliphatic rings. The van der Waals surface area contributed by atoms with Crippen LogP contribution in [0.2, 0.25) is 0 Å². The van der Waals surface area contributed by atoms with Gasteiger partial charge in [0.2, 0.25) is 5.91 Å². The number of methoxy groups -OCH3 is 1. The average molecular weight is 388 g/mol. The number of anilines is 1. The highest BCUT2D eigenvalue weighted by Crippen LogP contribution is 2.20. The zero-order valence-electron chi connectivity index (χ0n) is 15.9. The van der Waals surface area contributed by atoms with E-state index in [1.807, 2.05) is 42.5 Å². The number of carbonyl (C=O) groups excluding carboxylic acids is 1. The van der Waals surface area contributed by atoms with Crippen molar-refractivity contribution in [3.63, 3.8) is 0 Å². The molecule has 0 saturated carbocycles. The Morgan fingerprint density at radius 3 is 2.76 bits per heavy atom. The average Bonchev–Trinajstić information content (AvgIpc) is 3.39. The molecule has 4 rings (SSSR count). The Morgan fingerprint density at radius 1 is 1.07 bits per heavy atom. The molecule has 8 heteroatoms. The van der Waals surface area contributed by atoms with Gasteiger partial charge in [0, 0.05) is 29.6 Å². The number of hydrogen-bond acceptors (Lipinski definition) is 5. The Kier molecular flexibility index (Phi) is 5.33. The summed E-state index contributed by atoms with van der Waals surface area (Å²) in [6.45, 7) is 0.574. The van der Waals surface area contributed by atoms with Gasteiger partial charge in [0.25, 0.3) is 0 Å². The van der Waals surface area contributed by atoms with E-state index in [0.29, 0.717) is 12.4 Å². The Labute approximate surface area is 167 Å². The third kappa shape index (κ3) is 4.32. The molecule has 1 amide bonds. The standard InChI is InChI=1S/C21H20N6O2/c1-29-19-8-3-2-6-16(19)14-27-20(9-11-23-27)25-21(28)15-26-13-17(12-24-26)18-7-4-5-10-22-18/h2-13H,14-15H2,1H3,(H,25,28). The number of carbonyl (C=O) groups is 1. The Morgan fingerprint density at radius 2 is 1.93 bits per heavy atom. The summed E-state index contributed by atoms with van der Waals surface area (Å²) in [5.41, 5.74) is 2.65. The first-order valence-corrected chi connectivity index (χ1v) is 9.10. The third-order valence-electron chi connectivity index (χ3n) is 4.40. The van der Waals surface area contributed by atoms with Crippen LogP contribution in [-0.4, -0.2) is 37.6 Å². The van der Waals surface area contributed by atoms with E-state index in [1.165, 1.54) is 0 Å². The summed E-state index contributed by atoms with van der Waals surface area (Å²) >= 11 is 0. The lowest BCUT2D eigenvalue weighted by atomic mass is 10.2. The summed E-state index contributed by atoms with van der Waals surface area (Å²) < 4.78 is 8.69. The maximum atomic E-state index is 12.5. The van der Waals surface area contributed by atoms with Crippen LogP contribution in [0, 0.1) is 0 Å². The molecule has 0 atom stereocenters. The quantitative estimate of drug-likeness (QED) is 0.526. The minimum atomic E-state index is -0.192. The van der Waals surface area contributed by atoms with E-state index in [-0.39, 0.29) is 12.5 Å². The molecule has 0 aliphatic heterocycles. The largest absolute Gasteiger partial charge is 0.496 e. The van der Waals surface area contributed by atoms with E-state index in [4.69, 9.17) is 4.74 Å². The predicted octanol–water partition coefficient (Wildman–Crippen LogP) is 2.84. The number of rotatable bonds is 7. The molecular weight excluding hydrogens is 368 g/mol. The van der Waals surface area contributed by atoms with Gasteiger partial charge in [-0.25, -0.2) is 4.68 Å². The van der Waals surface area contributed by atoms with Gasteiger partial charge in [0.05, 0.1) is 31.7 Å². The number of benzene rings is 1. The molecule has 0 unspecified atom stereocenters. The van der Waals surface area contributed by atoms with Crippen LogP contribution in [0.3, 0.4) is 0 Å². The minimum Gasteiger partial charge on any atom is -0.496 e.